The third-order valence-corrected chi connectivity index (χ3v) is 3.69. The number of aromatic amines is 1. The van der Waals surface area contributed by atoms with Crippen molar-refractivity contribution in [2.45, 2.75) is 13.1 Å². The fourth-order valence-electron chi connectivity index (χ4n) is 1.97. The van der Waals surface area contributed by atoms with Crippen molar-refractivity contribution in [2.24, 2.45) is 0 Å². The van der Waals surface area contributed by atoms with Gasteiger partial charge in [0.1, 0.15) is 5.01 Å². The molecule has 19 heavy (non-hydrogen) atoms. The second-order valence-corrected chi connectivity index (χ2v) is 5.22. The number of hydrogen-bond acceptors (Lipinski definition) is 4. The quantitative estimate of drug-likeness (QED) is 0.765. The van der Waals surface area contributed by atoms with Crippen molar-refractivity contribution in [2.75, 3.05) is 0 Å². The number of nitrogens with one attached hydrogen (secondary N) is 2. The molecule has 3 rings (SSSR count). The molecule has 4 nitrogen and oxygen atoms in total. The van der Waals surface area contributed by atoms with Crippen LogP contribution in [0.4, 0.5) is 0 Å². The molecule has 0 bridgehead atoms. The van der Waals surface area contributed by atoms with Gasteiger partial charge in [-0.1, -0.05) is 18.2 Å². The van der Waals surface area contributed by atoms with Gasteiger partial charge in [0.15, 0.2) is 0 Å². The highest BCUT2D eigenvalue weighted by molar-refractivity contribution is 7.09. The van der Waals surface area contributed by atoms with E-state index in [1.165, 1.54) is 0 Å². The lowest BCUT2D eigenvalue weighted by molar-refractivity contribution is 0.685. The van der Waals surface area contributed by atoms with E-state index in [1.54, 1.807) is 17.5 Å². The zero-order valence-electron chi connectivity index (χ0n) is 10.2. The molecule has 0 saturated heterocycles. The maximum absolute atomic E-state index is 11.9. The SMILES string of the molecule is O=c1[nH]c2ccccc2cc1CNCc1nccs1. The first kappa shape index (κ1) is 12.1. The summed E-state index contributed by atoms with van der Waals surface area (Å²) in [5, 5.41) is 7.26. The molecule has 0 aliphatic heterocycles. The smallest absolute Gasteiger partial charge is 0.252 e. The van der Waals surface area contributed by atoms with Crippen LogP contribution in [-0.2, 0) is 13.1 Å². The van der Waals surface area contributed by atoms with E-state index in [0.717, 1.165) is 21.5 Å². The topological polar surface area (TPSA) is 57.8 Å². The van der Waals surface area contributed by atoms with Gasteiger partial charge in [-0.15, -0.1) is 11.3 Å². The van der Waals surface area contributed by atoms with Crippen LogP contribution in [0.25, 0.3) is 10.9 Å². The Morgan fingerprint density at radius 3 is 3.00 bits per heavy atom. The molecule has 0 aliphatic carbocycles. The summed E-state index contributed by atoms with van der Waals surface area (Å²) in [6.45, 7) is 1.23. The van der Waals surface area contributed by atoms with Crippen molar-refractivity contribution < 1.29 is 0 Å². The minimum Gasteiger partial charge on any atom is -0.322 e. The van der Waals surface area contributed by atoms with Gasteiger partial charge < -0.3 is 10.3 Å². The molecular weight excluding hydrogens is 258 g/mol. The Morgan fingerprint density at radius 1 is 1.26 bits per heavy atom. The lowest BCUT2D eigenvalue weighted by atomic mass is 10.1. The minimum absolute atomic E-state index is 0.0367. The van der Waals surface area contributed by atoms with Crippen molar-refractivity contribution in [3.8, 4) is 0 Å². The highest BCUT2D eigenvalue weighted by Gasteiger charge is 2.02. The van der Waals surface area contributed by atoms with E-state index < -0.39 is 0 Å². The molecule has 0 spiro atoms. The summed E-state index contributed by atoms with van der Waals surface area (Å²) >= 11 is 1.61. The second-order valence-electron chi connectivity index (χ2n) is 4.24. The Kier molecular flexibility index (Phi) is 3.39. The Hall–Kier alpha value is -1.98. The zero-order valence-corrected chi connectivity index (χ0v) is 11.0. The summed E-state index contributed by atoms with van der Waals surface area (Å²) in [5.41, 5.74) is 1.58. The first-order valence-electron chi connectivity index (χ1n) is 6.03. The van der Waals surface area contributed by atoms with Crippen LogP contribution in [0.5, 0.6) is 0 Å². The van der Waals surface area contributed by atoms with Crippen molar-refractivity contribution in [3.05, 3.63) is 62.8 Å². The molecule has 2 N–H and O–H groups in total. The molecule has 0 fully saturated rings. The van der Waals surface area contributed by atoms with E-state index in [2.05, 4.69) is 15.3 Å². The molecule has 5 heteroatoms. The maximum atomic E-state index is 11.9. The molecule has 0 unspecified atom stereocenters. The molecule has 0 atom stereocenters. The molecule has 0 radical (unpaired) electrons. The molecule has 2 heterocycles. The number of para-hydroxylation sites is 1. The Morgan fingerprint density at radius 2 is 2.16 bits per heavy atom. The standard InChI is InChI=1S/C14H13N3OS/c18-14-11(8-15-9-13-16-5-6-19-13)7-10-3-1-2-4-12(10)17-14/h1-7,15H,8-9H2,(H,17,18). The molecule has 0 saturated carbocycles. The molecule has 0 aliphatic rings. The van der Waals surface area contributed by atoms with Crippen molar-refractivity contribution >= 4 is 22.2 Å². The molecule has 1 aromatic carbocycles. The molecule has 2 aromatic heterocycles. The number of hydrogen-bond donors (Lipinski definition) is 2. The van der Waals surface area contributed by atoms with Crippen molar-refractivity contribution in [1.82, 2.24) is 15.3 Å². The van der Waals surface area contributed by atoms with E-state index in [4.69, 9.17) is 0 Å². The summed E-state index contributed by atoms with van der Waals surface area (Å²) < 4.78 is 0. The third-order valence-electron chi connectivity index (χ3n) is 2.91. The van der Waals surface area contributed by atoms with E-state index in [0.29, 0.717) is 13.1 Å². The Bertz CT molecular complexity index is 734. The van der Waals surface area contributed by atoms with Gasteiger partial charge in [0.05, 0.1) is 0 Å². The zero-order chi connectivity index (χ0) is 13.1. The number of nitrogens with zero attached hydrogens (tertiary/aromatic N) is 1. The predicted molar refractivity (Wildman–Crippen MR) is 77.2 cm³/mol. The first-order chi connectivity index (χ1) is 9.33. The molecule has 0 amide bonds. The molecular formula is C14H13N3OS. The van der Waals surface area contributed by atoms with E-state index >= 15 is 0 Å². The lowest BCUT2D eigenvalue weighted by Crippen LogP contribution is -2.20. The number of benzene rings is 1. The van der Waals surface area contributed by atoms with Crippen LogP contribution in [0.15, 0.2) is 46.7 Å². The monoisotopic (exact) mass is 271 g/mol. The number of pyridine rings is 1. The Labute approximate surface area is 114 Å². The van der Waals surface area contributed by atoms with Gasteiger partial charge in [-0.05, 0) is 17.5 Å². The summed E-state index contributed by atoms with van der Waals surface area (Å²) in [6.07, 6.45) is 1.78. The third kappa shape index (κ3) is 2.72. The predicted octanol–water partition coefficient (Wildman–Crippen LogP) is 2.27. The molecule has 96 valence electrons. The van der Waals surface area contributed by atoms with E-state index in [-0.39, 0.29) is 5.56 Å². The lowest BCUT2D eigenvalue weighted by Gasteiger charge is -2.04. The minimum atomic E-state index is -0.0367. The van der Waals surface area contributed by atoms with Gasteiger partial charge in [-0.2, -0.15) is 0 Å². The van der Waals surface area contributed by atoms with Crippen molar-refractivity contribution in [3.63, 3.8) is 0 Å². The van der Waals surface area contributed by atoms with E-state index in [9.17, 15) is 4.79 Å². The molecule has 3 aromatic rings. The number of thiazole rings is 1. The fraction of sp³-hybridized carbons (Fsp3) is 0.143. The summed E-state index contributed by atoms with van der Waals surface area (Å²) in [4.78, 5) is 19.0. The van der Waals surface area contributed by atoms with Gasteiger partial charge in [0.25, 0.3) is 5.56 Å². The second kappa shape index (κ2) is 5.34. The average molecular weight is 271 g/mol. The highest BCUT2D eigenvalue weighted by atomic mass is 32.1. The Balaban J connectivity index is 1.77. The number of rotatable bonds is 4. The first-order valence-corrected chi connectivity index (χ1v) is 6.91. The summed E-state index contributed by atoms with van der Waals surface area (Å²) in [6, 6.07) is 9.72. The van der Waals surface area contributed by atoms with Crippen LogP contribution in [-0.4, -0.2) is 9.97 Å². The van der Waals surface area contributed by atoms with Crippen LogP contribution < -0.4 is 10.9 Å². The summed E-state index contributed by atoms with van der Waals surface area (Å²) in [7, 11) is 0. The van der Waals surface area contributed by atoms with Crippen LogP contribution in [0, 0.1) is 0 Å². The van der Waals surface area contributed by atoms with Crippen LogP contribution in [0.2, 0.25) is 0 Å². The number of fused-ring (bicyclic) bond motifs is 1. The van der Waals surface area contributed by atoms with Crippen LogP contribution >= 0.6 is 11.3 Å². The largest absolute Gasteiger partial charge is 0.322 e. The van der Waals surface area contributed by atoms with Crippen LogP contribution in [0.3, 0.4) is 0 Å². The fourth-order valence-corrected chi connectivity index (χ4v) is 2.55. The highest BCUT2D eigenvalue weighted by Crippen LogP contribution is 2.10. The van der Waals surface area contributed by atoms with Gasteiger partial charge in [0.2, 0.25) is 0 Å². The maximum Gasteiger partial charge on any atom is 0.252 e. The summed E-state index contributed by atoms with van der Waals surface area (Å²) in [5.74, 6) is 0. The van der Waals surface area contributed by atoms with Gasteiger partial charge in [-0.3, -0.25) is 4.79 Å². The normalized spacial score (nSPS) is 10.9. The van der Waals surface area contributed by atoms with Gasteiger partial charge >= 0.3 is 0 Å². The van der Waals surface area contributed by atoms with Gasteiger partial charge in [-0.25, -0.2) is 4.98 Å². The number of aromatic nitrogens is 2. The van der Waals surface area contributed by atoms with Crippen molar-refractivity contribution in [1.29, 1.82) is 0 Å². The average Bonchev–Trinajstić information content (AvgIpc) is 2.92. The van der Waals surface area contributed by atoms with Gasteiger partial charge in [0, 0.05) is 35.7 Å². The van der Waals surface area contributed by atoms with Crippen LogP contribution in [0.1, 0.15) is 10.6 Å². The van der Waals surface area contributed by atoms with E-state index in [1.807, 2.05) is 35.7 Å². The number of H-pyrrole nitrogens is 1.